The second kappa shape index (κ2) is 6.21. The second-order valence-electron chi connectivity index (χ2n) is 5.57. The summed E-state index contributed by atoms with van der Waals surface area (Å²) in [6, 6.07) is 7.46. The van der Waals surface area contributed by atoms with Crippen LogP contribution in [0.4, 0.5) is 0 Å². The zero-order valence-corrected chi connectivity index (χ0v) is 13.5. The molecule has 0 aliphatic carbocycles. The van der Waals surface area contributed by atoms with Crippen LogP contribution in [0, 0.1) is 0 Å². The van der Waals surface area contributed by atoms with Crippen molar-refractivity contribution in [3.8, 4) is 11.1 Å². The largest absolute Gasteiger partial charge is 0.477 e. The third kappa shape index (κ3) is 2.98. The molecule has 1 aromatic carbocycles. The van der Waals surface area contributed by atoms with E-state index >= 15 is 0 Å². The Balaban J connectivity index is 1.94. The van der Waals surface area contributed by atoms with Gasteiger partial charge in [0.25, 0.3) is 5.56 Å². The molecule has 0 amide bonds. The number of sulfonamides is 1. The summed E-state index contributed by atoms with van der Waals surface area (Å²) in [5.41, 5.74) is 0.0759. The SMILES string of the molecule is O=C(O)c1cc(-c2ccc(S(=O)(=O)N3CCCC3)cc2)c[nH]c1=O. The van der Waals surface area contributed by atoms with Crippen molar-refractivity contribution in [2.24, 2.45) is 0 Å². The normalized spacial score (nSPS) is 15.5. The van der Waals surface area contributed by atoms with E-state index < -0.39 is 21.6 Å². The van der Waals surface area contributed by atoms with Gasteiger partial charge in [-0.25, -0.2) is 13.2 Å². The monoisotopic (exact) mass is 348 g/mol. The van der Waals surface area contributed by atoms with E-state index in [1.165, 1.54) is 28.7 Å². The Kier molecular flexibility index (Phi) is 4.25. The van der Waals surface area contributed by atoms with Crippen LogP contribution < -0.4 is 5.56 Å². The minimum Gasteiger partial charge on any atom is -0.477 e. The Morgan fingerprint density at radius 1 is 1.08 bits per heavy atom. The summed E-state index contributed by atoms with van der Waals surface area (Å²) in [6.07, 6.45) is 3.14. The van der Waals surface area contributed by atoms with E-state index in [1.54, 1.807) is 12.1 Å². The van der Waals surface area contributed by atoms with Gasteiger partial charge in [0.15, 0.2) is 0 Å². The molecule has 1 saturated heterocycles. The molecule has 3 rings (SSSR count). The zero-order chi connectivity index (χ0) is 17.3. The van der Waals surface area contributed by atoms with Crippen molar-refractivity contribution in [1.82, 2.24) is 9.29 Å². The molecular weight excluding hydrogens is 332 g/mol. The standard InChI is InChI=1S/C16H16N2O5S/c19-15-14(16(20)21)9-12(10-17-15)11-3-5-13(6-4-11)24(22,23)18-7-1-2-8-18/h3-6,9-10H,1-2,7-8H2,(H,17,19)(H,20,21). The number of hydrogen-bond donors (Lipinski definition) is 2. The van der Waals surface area contributed by atoms with E-state index in [2.05, 4.69) is 4.98 Å². The van der Waals surface area contributed by atoms with Crippen LogP contribution >= 0.6 is 0 Å². The number of hydrogen-bond acceptors (Lipinski definition) is 4. The van der Waals surface area contributed by atoms with Crippen molar-refractivity contribution < 1.29 is 18.3 Å². The van der Waals surface area contributed by atoms with Crippen molar-refractivity contribution >= 4 is 16.0 Å². The zero-order valence-electron chi connectivity index (χ0n) is 12.7. The highest BCUT2D eigenvalue weighted by atomic mass is 32.2. The van der Waals surface area contributed by atoms with Gasteiger partial charge in [-0.15, -0.1) is 0 Å². The number of benzene rings is 1. The van der Waals surface area contributed by atoms with Gasteiger partial charge in [0.05, 0.1) is 4.90 Å². The Bertz CT molecular complexity index is 926. The number of nitrogens with zero attached hydrogens (tertiary/aromatic N) is 1. The minimum absolute atomic E-state index is 0.205. The molecule has 1 aliphatic rings. The lowest BCUT2D eigenvalue weighted by Gasteiger charge is -2.15. The van der Waals surface area contributed by atoms with Crippen LogP contribution in [0.3, 0.4) is 0 Å². The first kappa shape index (κ1) is 16.4. The fourth-order valence-corrected chi connectivity index (χ4v) is 4.22. The molecule has 0 atom stereocenters. The average Bonchev–Trinajstić information content (AvgIpc) is 3.10. The van der Waals surface area contributed by atoms with E-state index in [9.17, 15) is 18.0 Å². The van der Waals surface area contributed by atoms with Gasteiger partial charge in [0, 0.05) is 19.3 Å². The van der Waals surface area contributed by atoms with Crippen molar-refractivity contribution in [2.45, 2.75) is 17.7 Å². The molecule has 2 heterocycles. The van der Waals surface area contributed by atoms with E-state index in [1.807, 2.05) is 0 Å². The summed E-state index contributed by atoms with van der Waals surface area (Å²) >= 11 is 0. The highest BCUT2D eigenvalue weighted by molar-refractivity contribution is 7.89. The quantitative estimate of drug-likeness (QED) is 0.871. The van der Waals surface area contributed by atoms with E-state index in [-0.39, 0.29) is 10.5 Å². The molecule has 1 aromatic heterocycles. The molecule has 1 aliphatic heterocycles. The third-order valence-corrected chi connectivity index (χ3v) is 5.94. The first-order valence-electron chi connectivity index (χ1n) is 7.46. The van der Waals surface area contributed by atoms with Crippen LogP contribution in [0.1, 0.15) is 23.2 Å². The van der Waals surface area contributed by atoms with Gasteiger partial charge in [-0.2, -0.15) is 4.31 Å². The number of carboxylic acid groups (broad SMARTS) is 1. The summed E-state index contributed by atoms with van der Waals surface area (Å²) in [6.45, 7) is 1.07. The molecule has 1 fully saturated rings. The average molecular weight is 348 g/mol. The highest BCUT2D eigenvalue weighted by Crippen LogP contribution is 2.24. The van der Waals surface area contributed by atoms with Gasteiger partial charge in [-0.1, -0.05) is 12.1 Å². The Morgan fingerprint density at radius 2 is 1.71 bits per heavy atom. The number of carbonyl (C=O) groups is 1. The summed E-state index contributed by atoms with van der Waals surface area (Å²) in [4.78, 5) is 25.1. The van der Waals surface area contributed by atoms with Crippen LogP contribution in [0.15, 0.2) is 46.2 Å². The van der Waals surface area contributed by atoms with Crippen LogP contribution in [0.2, 0.25) is 0 Å². The van der Waals surface area contributed by atoms with Crippen molar-refractivity contribution in [1.29, 1.82) is 0 Å². The molecule has 0 bridgehead atoms. The number of aromatic carboxylic acids is 1. The van der Waals surface area contributed by atoms with Crippen LogP contribution in [0.5, 0.6) is 0 Å². The van der Waals surface area contributed by atoms with Gasteiger partial charge in [0.1, 0.15) is 5.56 Å². The lowest BCUT2D eigenvalue weighted by molar-refractivity contribution is 0.0695. The number of aromatic nitrogens is 1. The summed E-state index contributed by atoms with van der Waals surface area (Å²) in [7, 11) is -3.48. The molecule has 7 nitrogen and oxygen atoms in total. The second-order valence-corrected chi connectivity index (χ2v) is 7.51. The first-order valence-corrected chi connectivity index (χ1v) is 8.90. The van der Waals surface area contributed by atoms with E-state index in [4.69, 9.17) is 5.11 Å². The number of nitrogens with one attached hydrogen (secondary N) is 1. The highest BCUT2D eigenvalue weighted by Gasteiger charge is 2.26. The third-order valence-electron chi connectivity index (χ3n) is 4.02. The predicted molar refractivity (Wildman–Crippen MR) is 87.5 cm³/mol. The first-order chi connectivity index (χ1) is 11.4. The van der Waals surface area contributed by atoms with E-state index in [0.717, 1.165) is 12.8 Å². The lowest BCUT2D eigenvalue weighted by Crippen LogP contribution is -2.27. The summed E-state index contributed by atoms with van der Waals surface area (Å²) in [5, 5.41) is 9.00. The van der Waals surface area contributed by atoms with E-state index in [0.29, 0.717) is 24.2 Å². The number of pyridine rings is 1. The molecule has 8 heteroatoms. The Hall–Kier alpha value is -2.45. The van der Waals surface area contributed by atoms with Gasteiger partial charge < -0.3 is 10.1 Å². The summed E-state index contributed by atoms with van der Waals surface area (Å²) in [5.74, 6) is -1.31. The predicted octanol–water partition coefficient (Wildman–Crippen LogP) is 1.52. The Morgan fingerprint density at radius 3 is 2.29 bits per heavy atom. The number of H-pyrrole nitrogens is 1. The fraction of sp³-hybridized carbons (Fsp3) is 0.250. The molecule has 0 radical (unpaired) electrons. The van der Waals surface area contributed by atoms with Crippen molar-refractivity contribution in [3.63, 3.8) is 0 Å². The van der Waals surface area contributed by atoms with Gasteiger partial charge in [-0.05, 0) is 42.2 Å². The minimum atomic E-state index is -3.48. The topological polar surface area (TPSA) is 108 Å². The Labute approximate surface area is 138 Å². The van der Waals surface area contributed by atoms with Crippen molar-refractivity contribution in [2.75, 3.05) is 13.1 Å². The number of rotatable bonds is 4. The fourth-order valence-electron chi connectivity index (χ4n) is 2.71. The molecule has 0 unspecified atom stereocenters. The molecule has 0 saturated carbocycles. The van der Waals surface area contributed by atoms with Gasteiger partial charge in [0.2, 0.25) is 10.0 Å². The van der Waals surface area contributed by atoms with Crippen molar-refractivity contribution in [3.05, 3.63) is 52.4 Å². The molecule has 2 aromatic rings. The lowest BCUT2D eigenvalue weighted by atomic mass is 10.1. The maximum atomic E-state index is 12.5. The number of aromatic amines is 1. The maximum Gasteiger partial charge on any atom is 0.341 e. The summed E-state index contributed by atoms with van der Waals surface area (Å²) < 4.78 is 26.4. The maximum absolute atomic E-state index is 12.5. The van der Waals surface area contributed by atoms with Gasteiger partial charge in [-0.3, -0.25) is 4.79 Å². The molecule has 24 heavy (non-hydrogen) atoms. The molecule has 0 spiro atoms. The molecule has 2 N–H and O–H groups in total. The molecular formula is C16H16N2O5S. The number of carboxylic acids is 1. The van der Waals surface area contributed by atoms with Crippen LogP contribution in [0.25, 0.3) is 11.1 Å². The van der Waals surface area contributed by atoms with Gasteiger partial charge >= 0.3 is 5.97 Å². The smallest absolute Gasteiger partial charge is 0.341 e. The van der Waals surface area contributed by atoms with Crippen LogP contribution in [-0.4, -0.2) is 41.9 Å². The van der Waals surface area contributed by atoms with Crippen LogP contribution in [-0.2, 0) is 10.0 Å². The molecule has 126 valence electrons.